The molecular formula is C15H22BrNO. The maximum Gasteiger partial charge on any atom is 0.136 e. The summed E-state index contributed by atoms with van der Waals surface area (Å²) in [5.41, 5.74) is 8.80. The minimum Gasteiger partial charge on any atom is -0.495 e. The van der Waals surface area contributed by atoms with E-state index in [0.29, 0.717) is 12.5 Å². The molecule has 0 amide bonds. The van der Waals surface area contributed by atoms with E-state index in [9.17, 15) is 0 Å². The molecule has 0 aromatic heterocycles. The second-order valence-corrected chi connectivity index (χ2v) is 6.43. The highest BCUT2D eigenvalue weighted by atomic mass is 79.9. The summed E-state index contributed by atoms with van der Waals surface area (Å²) in [6.45, 7) is 5.14. The first kappa shape index (κ1) is 13.9. The average molecular weight is 312 g/mol. The molecule has 2 N–H and O–H groups in total. The van der Waals surface area contributed by atoms with Crippen molar-refractivity contribution >= 4 is 15.9 Å². The van der Waals surface area contributed by atoms with Crippen LogP contribution >= 0.6 is 15.9 Å². The Bertz CT molecular complexity index is 433. The van der Waals surface area contributed by atoms with E-state index in [1.165, 1.54) is 30.4 Å². The van der Waals surface area contributed by atoms with E-state index in [1.807, 2.05) is 0 Å². The topological polar surface area (TPSA) is 35.2 Å². The molecule has 100 valence electrons. The van der Waals surface area contributed by atoms with E-state index in [-0.39, 0.29) is 5.41 Å². The Morgan fingerprint density at radius 2 is 2.06 bits per heavy atom. The van der Waals surface area contributed by atoms with E-state index >= 15 is 0 Å². The van der Waals surface area contributed by atoms with E-state index < -0.39 is 0 Å². The molecule has 0 saturated heterocycles. The van der Waals surface area contributed by atoms with Gasteiger partial charge in [-0.1, -0.05) is 26.3 Å². The van der Waals surface area contributed by atoms with Gasteiger partial charge in [0.25, 0.3) is 0 Å². The molecule has 1 aromatic carbocycles. The summed E-state index contributed by atoms with van der Waals surface area (Å²) < 4.78 is 6.64. The highest BCUT2D eigenvalue weighted by molar-refractivity contribution is 9.10. The van der Waals surface area contributed by atoms with Crippen LogP contribution in [-0.4, -0.2) is 13.7 Å². The number of nitrogens with two attached hydrogens (primary N) is 1. The van der Waals surface area contributed by atoms with Crippen molar-refractivity contribution in [2.75, 3.05) is 13.7 Å². The predicted molar refractivity (Wildman–Crippen MR) is 79.4 cm³/mol. The van der Waals surface area contributed by atoms with E-state index in [2.05, 4.69) is 41.9 Å². The van der Waals surface area contributed by atoms with Gasteiger partial charge in [-0.05, 0) is 46.3 Å². The normalized spacial score (nSPS) is 17.7. The van der Waals surface area contributed by atoms with Crippen molar-refractivity contribution in [1.82, 2.24) is 0 Å². The highest BCUT2D eigenvalue weighted by Crippen LogP contribution is 2.49. The molecule has 2 rings (SSSR count). The molecule has 0 radical (unpaired) electrons. The number of hydrogen-bond donors (Lipinski definition) is 1. The molecule has 2 nitrogen and oxygen atoms in total. The van der Waals surface area contributed by atoms with Crippen LogP contribution in [-0.2, 0) is 5.41 Å². The molecule has 0 atom stereocenters. The van der Waals surface area contributed by atoms with Crippen LogP contribution in [0.1, 0.15) is 50.2 Å². The summed E-state index contributed by atoms with van der Waals surface area (Å²) >= 11 is 3.64. The van der Waals surface area contributed by atoms with Crippen LogP contribution in [0.2, 0.25) is 0 Å². The predicted octanol–water partition coefficient (Wildman–Crippen LogP) is 3.96. The zero-order chi connectivity index (χ0) is 13.3. The molecule has 3 heteroatoms. The Morgan fingerprint density at radius 1 is 1.39 bits per heavy atom. The van der Waals surface area contributed by atoms with Crippen molar-refractivity contribution < 1.29 is 4.74 Å². The molecule has 1 saturated carbocycles. The maximum absolute atomic E-state index is 6.03. The fourth-order valence-corrected chi connectivity index (χ4v) is 3.38. The summed E-state index contributed by atoms with van der Waals surface area (Å²) in [5.74, 6) is 1.48. The van der Waals surface area contributed by atoms with Gasteiger partial charge in [-0.25, -0.2) is 0 Å². The number of hydrogen-bond acceptors (Lipinski definition) is 2. The van der Waals surface area contributed by atoms with E-state index in [1.54, 1.807) is 7.11 Å². The lowest BCUT2D eigenvalue weighted by atomic mass is 9.64. The second-order valence-electron chi connectivity index (χ2n) is 5.58. The van der Waals surface area contributed by atoms with E-state index in [0.717, 1.165) is 10.2 Å². The van der Waals surface area contributed by atoms with Crippen molar-refractivity contribution in [3.8, 4) is 5.75 Å². The third-order valence-electron chi connectivity index (χ3n) is 4.21. The molecule has 1 aromatic rings. The first-order valence-electron chi connectivity index (χ1n) is 6.62. The van der Waals surface area contributed by atoms with Gasteiger partial charge in [-0.3, -0.25) is 0 Å². The SMILES string of the molecule is COc1c(Br)cc(C(C)C)cc1C1(CN)CCC1. The lowest BCUT2D eigenvalue weighted by molar-refractivity contribution is 0.243. The summed E-state index contributed by atoms with van der Waals surface area (Å²) in [6.07, 6.45) is 3.62. The van der Waals surface area contributed by atoms with Gasteiger partial charge in [0.2, 0.25) is 0 Å². The lowest BCUT2D eigenvalue weighted by Gasteiger charge is -2.42. The summed E-state index contributed by atoms with van der Waals surface area (Å²) in [7, 11) is 1.74. The highest BCUT2D eigenvalue weighted by Gasteiger charge is 2.40. The third-order valence-corrected chi connectivity index (χ3v) is 4.80. The zero-order valence-electron chi connectivity index (χ0n) is 11.4. The molecule has 0 aliphatic heterocycles. The van der Waals surface area contributed by atoms with Gasteiger partial charge >= 0.3 is 0 Å². The van der Waals surface area contributed by atoms with Gasteiger partial charge in [0.05, 0.1) is 11.6 Å². The molecule has 0 bridgehead atoms. The van der Waals surface area contributed by atoms with Gasteiger partial charge in [-0.2, -0.15) is 0 Å². The van der Waals surface area contributed by atoms with Crippen molar-refractivity contribution in [2.24, 2.45) is 5.73 Å². The minimum absolute atomic E-state index is 0.138. The molecule has 0 heterocycles. The molecule has 1 aliphatic rings. The molecular weight excluding hydrogens is 290 g/mol. The first-order chi connectivity index (χ1) is 8.54. The summed E-state index contributed by atoms with van der Waals surface area (Å²) in [5, 5.41) is 0. The Kier molecular flexibility index (Phi) is 4.02. The quantitative estimate of drug-likeness (QED) is 0.913. The van der Waals surface area contributed by atoms with Crippen molar-refractivity contribution in [1.29, 1.82) is 0 Å². The standard InChI is InChI=1S/C15H22BrNO/c1-10(2)11-7-12(14(18-3)13(16)8-11)15(9-17)5-4-6-15/h7-8,10H,4-6,9,17H2,1-3H3. The van der Waals surface area contributed by atoms with Crippen LogP contribution < -0.4 is 10.5 Å². The Hall–Kier alpha value is -0.540. The number of benzene rings is 1. The molecule has 1 fully saturated rings. The van der Waals surface area contributed by atoms with Gasteiger partial charge in [-0.15, -0.1) is 0 Å². The maximum atomic E-state index is 6.03. The number of ether oxygens (including phenoxy) is 1. The fraction of sp³-hybridized carbons (Fsp3) is 0.600. The number of methoxy groups -OCH3 is 1. The number of rotatable bonds is 4. The number of halogens is 1. The third kappa shape index (κ3) is 2.19. The van der Waals surface area contributed by atoms with Crippen LogP contribution in [0.5, 0.6) is 5.75 Å². The molecule has 1 aliphatic carbocycles. The Balaban J connectivity index is 2.55. The first-order valence-corrected chi connectivity index (χ1v) is 7.41. The molecule has 18 heavy (non-hydrogen) atoms. The summed E-state index contributed by atoms with van der Waals surface area (Å²) in [4.78, 5) is 0. The zero-order valence-corrected chi connectivity index (χ0v) is 13.0. The Labute approximate surface area is 118 Å². The Morgan fingerprint density at radius 3 is 2.44 bits per heavy atom. The van der Waals surface area contributed by atoms with Crippen molar-refractivity contribution in [3.63, 3.8) is 0 Å². The van der Waals surface area contributed by atoms with Crippen molar-refractivity contribution in [2.45, 2.75) is 44.4 Å². The van der Waals surface area contributed by atoms with Gasteiger partial charge in [0.1, 0.15) is 5.75 Å². The van der Waals surface area contributed by atoms with E-state index in [4.69, 9.17) is 10.5 Å². The van der Waals surface area contributed by atoms with Crippen LogP contribution in [0.3, 0.4) is 0 Å². The molecule has 0 spiro atoms. The largest absolute Gasteiger partial charge is 0.495 e. The van der Waals surface area contributed by atoms with Crippen LogP contribution in [0, 0.1) is 0 Å². The van der Waals surface area contributed by atoms with Crippen LogP contribution in [0.4, 0.5) is 0 Å². The monoisotopic (exact) mass is 311 g/mol. The fourth-order valence-electron chi connectivity index (χ4n) is 2.74. The van der Waals surface area contributed by atoms with Crippen LogP contribution in [0.15, 0.2) is 16.6 Å². The minimum atomic E-state index is 0.138. The summed E-state index contributed by atoms with van der Waals surface area (Å²) in [6, 6.07) is 4.45. The average Bonchev–Trinajstić information content (AvgIpc) is 2.27. The second kappa shape index (κ2) is 5.22. The van der Waals surface area contributed by atoms with Gasteiger partial charge in [0, 0.05) is 17.5 Å². The van der Waals surface area contributed by atoms with Crippen LogP contribution in [0.25, 0.3) is 0 Å². The molecule has 0 unspecified atom stereocenters. The lowest BCUT2D eigenvalue weighted by Crippen LogP contribution is -2.42. The smallest absolute Gasteiger partial charge is 0.136 e. The van der Waals surface area contributed by atoms with Crippen molar-refractivity contribution in [3.05, 3.63) is 27.7 Å². The van der Waals surface area contributed by atoms with Gasteiger partial charge in [0.15, 0.2) is 0 Å². The van der Waals surface area contributed by atoms with Gasteiger partial charge < -0.3 is 10.5 Å².